The van der Waals surface area contributed by atoms with Gasteiger partial charge in [0, 0.05) is 23.9 Å². The van der Waals surface area contributed by atoms with Crippen LogP contribution < -0.4 is 11.5 Å². The van der Waals surface area contributed by atoms with Crippen LogP contribution in [0.2, 0.25) is 0 Å². The van der Waals surface area contributed by atoms with E-state index < -0.39 is 5.82 Å². The van der Waals surface area contributed by atoms with Gasteiger partial charge in [-0.2, -0.15) is 4.98 Å². The number of aryl methyl sites for hydroxylation is 1. The van der Waals surface area contributed by atoms with Gasteiger partial charge in [0.2, 0.25) is 5.95 Å². The molecule has 0 saturated heterocycles. The number of aromatic nitrogens is 3. The first-order chi connectivity index (χ1) is 12.2. The van der Waals surface area contributed by atoms with Gasteiger partial charge in [0.1, 0.15) is 11.6 Å². The molecule has 1 aliphatic rings. The van der Waals surface area contributed by atoms with Crippen LogP contribution in [0.25, 0.3) is 16.6 Å². The fourth-order valence-electron chi connectivity index (χ4n) is 3.89. The number of fused-ring (bicyclic) bond motifs is 2. The summed E-state index contributed by atoms with van der Waals surface area (Å²) >= 11 is 0. The van der Waals surface area contributed by atoms with Gasteiger partial charge in [-0.3, -0.25) is 4.79 Å². The predicted molar refractivity (Wildman–Crippen MR) is 98.8 cm³/mol. The molecule has 134 valence electrons. The highest BCUT2D eigenvalue weighted by atomic mass is 19.1. The highest BCUT2D eigenvalue weighted by Gasteiger charge is 2.34. The molecule has 0 radical (unpaired) electrons. The van der Waals surface area contributed by atoms with Gasteiger partial charge in [-0.15, -0.1) is 0 Å². The zero-order valence-corrected chi connectivity index (χ0v) is 14.9. The van der Waals surface area contributed by atoms with E-state index in [-0.39, 0.29) is 28.4 Å². The fourth-order valence-corrected chi connectivity index (χ4v) is 3.89. The Hall–Kier alpha value is -2.96. The average Bonchev–Trinajstić information content (AvgIpc) is 2.81. The van der Waals surface area contributed by atoms with Gasteiger partial charge in [0.05, 0.1) is 16.6 Å². The van der Waals surface area contributed by atoms with Crippen LogP contribution in [-0.4, -0.2) is 20.3 Å². The van der Waals surface area contributed by atoms with Crippen molar-refractivity contribution in [3.63, 3.8) is 0 Å². The van der Waals surface area contributed by atoms with Crippen molar-refractivity contribution in [1.29, 1.82) is 0 Å². The maximum atomic E-state index is 14.7. The van der Waals surface area contributed by atoms with E-state index in [2.05, 4.69) is 23.8 Å². The van der Waals surface area contributed by atoms with Gasteiger partial charge >= 0.3 is 0 Å². The second-order valence-corrected chi connectivity index (χ2v) is 7.73. The van der Waals surface area contributed by atoms with Crippen LogP contribution in [0.5, 0.6) is 0 Å². The Balaban J connectivity index is 1.98. The van der Waals surface area contributed by atoms with E-state index in [1.54, 1.807) is 6.07 Å². The van der Waals surface area contributed by atoms with E-state index in [4.69, 9.17) is 11.5 Å². The quantitative estimate of drug-likeness (QED) is 0.700. The fraction of sp³-hybridized carbons (Fsp3) is 0.316. The lowest BCUT2D eigenvalue weighted by Crippen LogP contribution is -2.28. The molecule has 0 amide bonds. The first-order valence-corrected chi connectivity index (χ1v) is 8.43. The van der Waals surface area contributed by atoms with Crippen LogP contribution in [0.1, 0.15) is 41.9 Å². The molecular weight excluding hydrogens is 333 g/mol. The molecule has 6 nitrogen and oxygen atoms in total. The van der Waals surface area contributed by atoms with Gasteiger partial charge in [0.15, 0.2) is 5.78 Å². The molecule has 0 fully saturated rings. The summed E-state index contributed by atoms with van der Waals surface area (Å²) < 4.78 is 16.6. The zero-order chi connectivity index (χ0) is 18.8. The first kappa shape index (κ1) is 16.5. The number of hydrogen-bond acceptors (Lipinski definition) is 5. The molecule has 26 heavy (non-hydrogen) atoms. The van der Waals surface area contributed by atoms with E-state index in [0.29, 0.717) is 17.6 Å². The summed E-state index contributed by atoms with van der Waals surface area (Å²) in [6, 6.07) is 3.11. The molecule has 2 heterocycles. The van der Waals surface area contributed by atoms with Gasteiger partial charge in [-0.25, -0.2) is 9.37 Å². The number of hydrogen-bond donors (Lipinski definition) is 2. The van der Waals surface area contributed by atoms with Crippen LogP contribution >= 0.6 is 0 Å². The third-order valence-electron chi connectivity index (χ3n) is 4.92. The molecule has 4 rings (SSSR count). The number of nitrogens with two attached hydrogens (primary N) is 2. The lowest BCUT2D eigenvalue weighted by molar-refractivity contribution is 0.0910. The Bertz CT molecular complexity index is 1080. The summed E-state index contributed by atoms with van der Waals surface area (Å²) in [5, 5.41) is 0.150. The minimum atomic E-state index is -0.517. The number of benzene rings is 1. The maximum Gasteiger partial charge on any atom is 0.222 e. The third-order valence-corrected chi connectivity index (χ3v) is 4.92. The average molecular weight is 353 g/mol. The van der Waals surface area contributed by atoms with Crippen LogP contribution in [0.15, 0.2) is 18.3 Å². The largest absolute Gasteiger partial charge is 0.383 e. The summed E-state index contributed by atoms with van der Waals surface area (Å²) in [7, 11) is 0. The Kier molecular flexibility index (Phi) is 3.34. The van der Waals surface area contributed by atoms with Crippen molar-refractivity contribution < 1.29 is 9.18 Å². The second-order valence-electron chi connectivity index (χ2n) is 7.73. The number of Topliss-reactive ketones (excluding diaryl/α,β-unsaturated/α-hetero) is 1. The molecule has 0 atom stereocenters. The third kappa shape index (κ3) is 2.42. The van der Waals surface area contributed by atoms with Crippen LogP contribution in [0.3, 0.4) is 0 Å². The number of anilines is 2. The molecular formula is C19H20FN5O. The predicted octanol–water partition coefficient (Wildman–Crippen LogP) is 3.19. The second kappa shape index (κ2) is 5.27. The molecule has 0 unspecified atom stereocenters. The highest BCUT2D eigenvalue weighted by Crippen LogP contribution is 2.38. The Labute approximate surface area is 150 Å². The number of carbonyl (C=O) groups is 1. The van der Waals surface area contributed by atoms with Gasteiger partial charge < -0.3 is 16.0 Å². The van der Waals surface area contributed by atoms with E-state index in [9.17, 15) is 9.18 Å². The van der Waals surface area contributed by atoms with E-state index >= 15 is 0 Å². The standard InChI is InChI=1S/C19H20FN5O/c1-9-8-25(13-6-19(2,3)7-14(26)15(9)13)10-4-11(20)16-12(5-10)23-18(22)24-17(16)21/h4-5,8H,6-7H2,1-3H3,(H4,21,22,23,24). The number of nitrogens with zero attached hydrogens (tertiary/aromatic N) is 3. The van der Waals surface area contributed by atoms with Crippen molar-refractivity contribution >= 4 is 28.5 Å². The molecule has 1 aromatic carbocycles. The van der Waals surface area contributed by atoms with E-state index in [0.717, 1.165) is 23.2 Å². The molecule has 3 aromatic rings. The number of carbonyl (C=O) groups excluding carboxylic acids is 1. The van der Waals surface area contributed by atoms with Gasteiger partial charge in [-0.05, 0) is 36.5 Å². The van der Waals surface area contributed by atoms with E-state index in [1.807, 2.05) is 17.7 Å². The monoisotopic (exact) mass is 353 g/mol. The van der Waals surface area contributed by atoms with Gasteiger partial charge in [0.25, 0.3) is 0 Å². The summed E-state index contributed by atoms with van der Waals surface area (Å²) in [5.74, 6) is -0.381. The highest BCUT2D eigenvalue weighted by molar-refractivity contribution is 6.00. The summed E-state index contributed by atoms with van der Waals surface area (Å²) in [6.45, 7) is 6.04. The number of halogens is 1. The van der Waals surface area contributed by atoms with Crippen molar-refractivity contribution in [3.05, 3.63) is 41.0 Å². The Morgan fingerprint density at radius 3 is 2.65 bits per heavy atom. The van der Waals surface area contributed by atoms with Gasteiger partial charge in [-0.1, -0.05) is 13.8 Å². The lowest BCUT2D eigenvalue weighted by Gasteiger charge is -2.30. The normalized spacial score (nSPS) is 16.1. The Morgan fingerprint density at radius 1 is 1.19 bits per heavy atom. The first-order valence-electron chi connectivity index (χ1n) is 8.43. The molecule has 1 aliphatic carbocycles. The van der Waals surface area contributed by atoms with Crippen LogP contribution in [-0.2, 0) is 6.42 Å². The lowest BCUT2D eigenvalue weighted by atomic mass is 9.75. The molecule has 0 aliphatic heterocycles. The van der Waals surface area contributed by atoms with Crippen LogP contribution in [0, 0.1) is 18.2 Å². The van der Waals surface area contributed by atoms with Crippen molar-refractivity contribution in [2.75, 3.05) is 11.5 Å². The molecule has 0 saturated carbocycles. The summed E-state index contributed by atoms with van der Waals surface area (Å²) in [5.41, 5.74) is 14.8. The number of ketones is 1. The van der Waals surface area contributed by atoms with Crippen LogP contribution in [0.4, 0.5) is 16.2 Å². The smallest absolute Gasteiger partial charge is 0.222 e. The SMILES string of the molecule is Cc1cn(-c2cc(F)c3c(N)nc(N)nc3c2)c2c1C(=O)CC(C)(C)C2. The van der Waals surface area contributed by atoms with Crippen molar-refractivity contribution in [1.82, 2.24) is 14.5 Å². The Morgan fingerprint density at radius 2 is 1.92 bits per heavy atom. The number of rotatable bonds is 1. The summed E-state index contributed by atoms with van der Waals surface area (Å²) in [4.78, 5) is 20.5. The topological polar surface area (TPSA) is 99.8 Å². The molecule has 7 heteroatoms. The maximum absolute atomic E-state index is 14.7. The van der Waals surface area contributed by atoms with E-state index in [1.165, 1.54) is 6.07 Å². The molecule has 0 spiro atoms. The minimum absolute atomic E-state index is 0.00595. The summed E-state index contributed by atoms with van der Waals surface area (Å²) in [6.07, 6.45) is 3.12. The molecule has 2 aromatic heterocycles. The number of nitrogen functional groups attached to an aromatic ring is 2. The zero-order valence-electron chi connectivity index (χ0n) is 14.9. The molecule has 4 N–H and O–H groups in total. The molecule has 0 bridgehead atoms. The van der Waals surface area contributed by atoms with Crippen molar-refractivity contribution in [2.45, 2.75) is 33.6 Å². The van der Waals surface area contributed by atoms with Crippen molar-refractivity contribution in [3.8, 4) is 5.69 Å². The minimum Gasteiger partial charge on any atom is -0.383 e. The van der Waals surface area contributed by atoms with Crippen molar-refractivity contribution in [2.24, 2.45) is 5.41 Å².